The van der Waals surface area contributed by atoms with E-state index in [2.05, 4.69) is 11.0 Å². The number of hydrogen-bond acceptors (Lipinski definition) is 4. The van der Waals surface area contributed by atoms with Crippen LogP contribution < -0.4 is 4.74 Å². The second kappa shape index (κ2) is 5.32. The van der Waals surface area contributed by atoms with E-state index in [0.717, 1.165) is 37.2 Å². The van der Waals surface area contributed by atoms with Gasteiger partial charge in [0.2, 0.25) is 0 Å². The highest BCUT2D eigenvalue weighted by Crippen LogP contribution is 2.43. The van der Waals surface area contributed by atoms with Crippen molar-refractivity contribution in [3.8, 4) is 11.8 Å². The molecule has 0 aromatic heterocycles. The number of aliphatic hydroxyl groups is 1. The molecule has 0 saturated carbocycles. The largest absolute Gasteiger partial charge is 0.485 e. The van der Waals surface area contributed by atoms with Crippen molar-refractivity contribution >= 4 is 0 Å². The van der Waals surface area contributed by atoms with Crippen LogP contribution in [-0.4, -0.2) is 34.8 Å². The first-order valence-electron chi connectivity index (χ1n) is 7.68. The zero-order chi connectivity index (χ0) is 15.0. The molecule has 4 heteroatoms. The summed E-state index contributed by atoms with van der Waals surface area (Å²) in [5, 5.41) is 19.9. The van der Waals surface area contributed by atoms with Gasteiger partial charge in [-0.05, 0) is 58.0 Å². The average molecular weight is 286 g/mol. The monoisotopic (exact) mass is 286 g/mol. The summed E-state index contributed by atoms with van der Waals surface area (Å²) in [5.74, 6) is 0.792. The van der Waals surface area contributed by atoms with Gasteiger partial charge in [0.15, 0.2) is 0 Å². The van der Waals surface area contributed by atoms with Crippen molar-refractivity contribution in [2.75, 3.05) is 13.1 Å². The highest BCUT2D eigenvalue weighted by Gasteiger charge is 2.45. The number of rotatable bonds is 1. The molecule has 1 fully saturated rings. The van der Waals surface area contributed by atoms with E-state index in [-0.39, 0.29) is 6.04 Å². The summed E-state index contributed by atoms with van der Waals surface area (Å²) in [4.78, 5) is 2.35. The van der Waals surface area contributed by atoms with E-state index in [1.165, 1.54) is 6.42 Å². The molecular formula is C17H22N2O2. The van der Waals surface area contributed by atoms with Gasteiger partial charge in [0.1, 0.15) is 17.5 Å². The van der Waals surface area contributed by atoms with Crippen molar-refractivity contribution in [3.05, 3.63) is 29.3 Å². The molecule has 0 radical (unpaired) electrons. The van der Waals surface area contributed by atoms with E-state index in [9.17, 15) is 5.11 Å². The van der Waals surface area contributed by atoms with Gasteiger partial charge >= 0.3 is 0 Å². The van der Waals surface area contributed by atoms with E-state index < -0.39 is 11.7 Å². The molecule has 21 heavy (non-hydrogen) atoms. The van der Waals surface area contributed by atoms with Gasteiger partial charge < -0.3 is 9.84 Å². The molecule has 0 unspecified atom stereocenters. The molecule has 1 N–H and O–H groups in total. The quantitative estimate of drug-likeness (QED) is 0.862. The predicted octanol–water partition coefficient (Wildman–Crippen LogP) is 2.62. The second-order valence-corrected chi connectivity index (χ2v) is 6.56. The first-order chi connectivity index (χ1) is 10.0. The molecule has 2 aliphatic heterocycles. The Bertz CT molecular complexity index is 571. The lowest BCUT2D eigenvalue weighted by molar-refractivity contribution is -0.0961. The number of piperidine rings is 1. The van der Waals surface area contributed by atoms with Gasteiger partial charge in [0.05, 0.1) is 17.7 Å². The van der Waals surface area contributed by atoms with E-state index >= 15 is 0 Å². The number of ether oxygens (including phenoxy) is 1. The Morgan fingerprint density at radius 2 is 2.00 bits per heavy atom. The highest BCUT2D eigenvalue weighted by molar-refractivity contribution is 5.46. The Labute approximate surface area is 125 Å². The lowest BCUT2D eigenvalue weighted by Crippen LogP contribution is -2.54. The maximum atomic E-state index is 10.8. The van der Waals surface area contributed by atoms with Crippen molar-refractivity contribution < 1.29 is 9.84 Å². The molecule has 2 heterocycles. The third kappa shape index (κ3) is 2.52. The van der Waals surface area contributed by atoms with Crippen LogP contribution in [0.15, 0.2) is 18.2 Å². The van der Waals surface area contributed by atoms with Crippen LogP contribution in [0.25, 0.3) is 0 Å². The summed E-state index contributed by atoms with van der Waals surface area (Å²) in [7, 11) is 0. The second-order valence-electron chi connectivity index (χ2n) is 6.56. The molecule has 0 aliphatic carbocycles. The number of nitriles is 1. The molecule has 2 atom stereocenters. The predicted molar refractivity (Wildman–Crippen MR) is 80.0 cm³/mol. The maximum Gasteiger partial charge on any atom is 0.131 e. The van der Waals surface area contributed by atoms with Gasteiger partial charge in [0.25, 0.3) is 0 Å². The fourth-order valence-electron chi connectivity index (χ4n) is 3.43. The van der Waals surface area contributed by atoms with Crippen LogP contribution in [0.5, 0.6) is 5.75 Å². The molecule has 0 bridgehead atoms. The number of nitrogens with zero attached hydrogens (tertiary/aromatic N) is 2. The van der Waals surface area contributed by atoms with Crippen molar-refractivity contribution in [2.24, 2.45) is 0 Å². The minimum atomic E-state index is -0.622. The Balaban J connectivity index is 2.05. The van der Waals surface area contributed by atoms with E-state index in [1.807, 2.05) is 26.0 Å². The maximum absolute atomic E-state index is 10.8. The summed E-state index contributed by atoms with van der Waals surface area (Å²) in [6.07, 6.45) is 2.98. The van der Waals surface area contributed by atoms with E-state index in [0.29, 0.717) is 5.56 Å². The minimum absolute atomic E-state index is 0.0858. The van der Waals surface area contributed by atoms with Crippen LogP contribution in [-0.2, 0) is 0 Å². The smallest absolute Gasteiger partial charge is 0.131 e. The normalized spacial score (nSPS) is 28.3. The third-order valence-corrected chi connectivity index (χ3v) is 4.63. The Morgan fingerprint density at radius 1 is 1.29 bits per heavy atom. The lowest BCUT2D eigenvalue weighted by Gasteiger charge is -2.47. The molecule has 1 aromatic rings. The van der Waals surface area contributed by atoms with Crippen molar-refractivity contribution in [2.45, 2.75) is 50.9 Å². The van der Waals surface area contributed by atoms with Crippen molar-refractivity contribution in [1.29, 1.82) is 5.26 Å². The summed E-state index contributed by atoms with van der Waals surface area (Å²) >= 11 is 0. The average Bonchev–Trinajstić information content (AvgIpc) is 2.49. The Morgan fingerprint density at radius 3 is 2.67 bits per heavy atom. The zero-order valence-corrected chi connectivity index (χ0v) is 12.7. The fraction of sp³-hybridized carbons (Fsp3) is 0.588. The van der Waals surface area contributed by atoms with E-state index in [1.54, 1.807) is 6.07 Å². The van der Waals surface area contributed by atoms with Crippen molar-refractivity contribution in [3.63, 3.8) is 0 Å². The molecule has 2 aliphatic rings. The van der Waals surface area contributed by atoms with Gasteiger partial charge in [0, 0.05) is 5.56 Å². The van der Waals surface area contributed by atoms with Gasteiger partial charge in [-0.25, -0.2) is 0 Å². The number of likely N-dealkylation sites (tertiary alicyclic amines) is 1. The topological polar surface area (TPSA) is 56.5 Å². The molecule has 112 valence electrons. The summed E-state index contributed by atoms with van der Waals surface area (Å²) in [5.41, 5.74) is 0.942. The molecule has 4 nitrogen and oxygen atoms in total. The van der Waals surface area contributed by atoms with Crippen LogP contribution in [0.2, 0.25) is 0 Å². The zero-order valence-electron chi connectivity index (χ0n) is 12.7. The lowest BCUT2D eigenvalue weighted by atomic mass is 9.84. The Kier molecular flexibility index (Phi) is 3.64. The standard InChI is InChI=1S/C17H22N2O2/c1-17(2)16(20)15(19-8-4-3-5-9-19)13-10-12(11-18)6-7-14(13)21-17/h6-7,10,15-16,20H,3-5,8-9H2,1-2H3/t15-,16+/m1/s1. The van der Waals surface area contributed by atoms with Crippen LogP contribution in [0.3, 0.4) is 0 Å². The number of fused-ring (bicyclic) bond motifs is 1. The van der Waals surface area contributed by atoms with Crippen LogP contribution in [0.1, 0.15) is 50.3 Å². The summed E-state index contributed by atoms with van der Waals surface area (Å²) in [6.45, 7) is 5.84. The van der Waals surface area contributed by atoms with E-state index in [4.69, 9.17) is 10.00 Å². The molecule has 0 spiro atoms. The number of hydrogen-bond donors (Lipinski definition) is 1. The first-order valence-corrected chi connectivity index (χ1v) is 7.68. The van der Waals surface area contributed by atoms with Crippen LogP contribution >= 0.6 is 0 Å². The molecule has 3 rings (SSSR count). The minimum Gasteiger partial charge on any atom is -0.485 e. The molecule has 1 aromatic carbocycles. The van der Waals surface area contributed by atoms with Crippen LogP contribution in [0.4, 0.5) is 0 Å². The van der Waals surface area contributed by atoms with Gasteiger partial charge in [-0.1, -0.05) is 6.42 Å². The first kappa shape index (κ1) is 14.4. The molecule has 1 saturated heterocycles. The summed E-state index contributed by atoms with van der Waals surface area (Å²) in [6, 6.07) is 7.60. The molecule has 0 amide bonds. The highest BCUT2D eigenvalue weighted by atomic mass is 16.5. The van der Waals surface area contributed by atoms with Gasteiger partial charge in [-0.2, -0.15) is 5.26 Å². The Hall–Kier alpha value is -1.57. The fourth-order valence-corrected chi connectivity index (χ4v) is 3.43. The third-order valence-electron chi connectivity index (χ3n) is 4.63. The summed E-state index contributed by atoms with van der Waals surface area (Å²) < 4.78 is 5.97. The van der Waals surface area contributed by atoms with Crippen molar-refractivity contribution in [1.82, 2.24) is 4.90 Å². The number of aliphatic hydroxyl groups excluding tert-OH is 1. The van der Waals surface area contributed by atoms with Gasteiger partial charge in [-0.15, -0.1) is 0 Å². The molecular weight excluding hydrogens is 264 g/mol. The SMILES string of the molecule is CC1(C)Oc2ccc(C#N)cc2[C@@H](N2CCCCC2)[C@@H]1O. The van der Waals surface area contributed by atoms with Crippen LogP contribution in [0, 0.1) is 11.3 Å². The number of benzene rings is 1. The van der Waals surface area contributed by atoms with Gasteiger partial charge in [-0.3, -0.25) is 4.90 Å².